The molecule has 0 fully saturated rings. The second-order valence-electron chi connectivity index (χ2n) is 6.87. The molecule has 0 radical (unpaired) electrons. The second-order valence-corrected chi connectivity index (χ2v) is 7.92. The summed E-state index contributed by atoms with van der Waals surface area (Å²) in [6.45, 7) is 5.66. The average molecular weight is 411 g/mol. The summed E-state index contributed by atoms with van der Waals surface area (Å²) < 4.78 is 7.27. The van der Waals surface area contributed by atoms with Crippen molar-refractivity contribution >= 4 is 23.4 Å². The van der Waals surface area contributed by atoms with Gasteiger partial charge in [0.05, 0.1) is 26.1 Å². The smallest absolute Gasteiger partial charge is 0.312 e. The number of hydrogen-bond acceptors (Lipinski definition) is 6. The normalized spacial score (nSPS) is 10.9. The highest BCUT2D eigenvalue weighted by molar-refractivity contribution is 7.99. The van der Waals surface area contributed by atoms with Gasteiger partial charge < -0.3 is 4.74 Å². The Morgan fingerprint density at radius 2 is 1.83 bits per heavy atom. The lowest BCUT2D eigenvalue weighted by Crippen LogP contribution is -2.14. The predicted octanol–water partition coefficient (Wildman–Crippen LogP) is 5.19. The maximum Gasteiger partial charge on any atom is 0.312 e. The van der Waals surface area contributed by atoms with Crippen molar-refractivity contribution in [3.05, 3.63) is 70.4 Å². The van der Waals surface area contributed by atoms with Crippen LogP contribution in [0.1, 0.15) is 26.0 Å². The molecule has 3 rings (SSSR count). The summed E-state index contributed by atoms with van der Waals surface area (Å²) in [5.74, 6) is 0.0343. The van der Waals surface area contributed by atoms with Crippen LogP contribution < -0.4 is 4.74 Å². The van der Waals surface area contributed by atoms with Crippen molar-refractivity contribution in [1.29, 1.82) is 0 Å². The molecular formula is C21H21N3O4S. The molecule has 0 aliphatic rings. The number of carbonyl (C=O) groups is 1. The van der Waals surface area contributed by atoms with Crippen LogP contribution in [0.25, 0.3) is 5.69 Å². The van der Waals surface area contributed by atoms with Crippen LogP contribution >= 0.6 is 11.8 Å². The highest BCUT2D eigenvalue weighted by atomic mass is 32.2. The van der Waals surface area contributed by atoms with Crippen molar-refractivity contribution in [1.82, 2.24) is 9.78 Å². The number of ether oxygens (including phenoxy) is 1. The third kappa shape index (κ3) is 4.83. The monoisotopic (exact) mass is 411 g/mol. The van der Waals surface area contributed by atoms with Crippen molar-refractivity contribution in [2.75, 3.05) is 0 Å². The van der Waals surface area contributed by atoms with Gasteiger partial charge in [-0.15, -0.1) is 0 Å². The number of benzene rings is 2. The van der Waals surface area contributed by atoms with Gasteiger partial charge in [-0.3, -0.25) is 14.9 Å². The summed E-state index contributed by atoms with van der Waals surface area (Å²) in [5.41, 5.74) is 1.34. The first kappa shape index (κ1) is 20.6. The fraction of sp³-hybridized carbons (Fsp3) is 0.238. The molecule has 0 spiro atoms. The molecule has 7 nitrogen and oxygen atoms in total. The Kier molecular flexibility index (Phi) is 6.33. The Bertz CT molecular complexity index is 1030. The number of nitrogens with zero attached hydrogens (tertiary/aromatic N) is 3. The maximum atomic E-state index is 12.4. The summed E-state index contributed by atoms with van der Waals surface area (Å²) in [6.07, 6.45) is 0.259. The lowest BCUT2D eigenvalue weighted by atomic mass is 10.1. The molecule has 29 heavy (non-hydrogen) atoms. The molecule has 3 aromatic rings. The van der Waals surface area contributed by atoms with E-state index in [9.17, 15) is 14.9 Å². The summed E-state index contributed by atoms with van der Waals surface area (Å²) >= 11 is 1.17. The molecule has 0 unspecified atom stereocenters. The Labute approximate surface area is 172 Å². The number of hydrogen-bond donors (Lipinski definition) is 0. The van der Waals surface area contributed by atoms with Gasteiger partial charge in [0, 0.05) is 12.5 Å². The van der Waals surface area contributed by atoms with Gasteiger partial charge in [-0.1, -0.05) is 55.9 Å². The molecule has 1 aromatic heterocycles. The molecule has 150 valence electrons. The van der Waals surface area contributed by atoms with Crippen molar-refractivity contribution in [2.45, 2.75) is 37.0 Å². The molecule has 0 bridgehead atoms. The fourth-order valence-corrected chi connectivity index (χ4v) is 3.75. The summed E-state index contributed by atoms with van der Waals surface area (Å²) in [6, 6.07) is 15.8. The second kappa shape index (κ2) is 8.91. The van der Waals surface area contributed by atoms with Crippen molar-refractivity contribution in [3.63, 3.8) is 0 Å². The number of aromatic nitrogens is 2. The lowest BCUT2D eigenvalue weighted by molar-refractivity contribution is -0.387. The first-order valence-electron chi connectivity index (χ1n) is 9.13. The Balaban J connectivity index is 2.08. The Morgan fingerprint density at radius 1 is 1.17 bits per heavy atom. The number of aryl methyl sites for hydroxylation is 1. The van der Waals surface area contributed by atoms with Gasteiger partial charge in [-0.2, -0.15) is 9.78 Å². The van der Waals surface area contributed by atoms with E-state index in [0.717, 1.165) is 5.69 Å². The number of nitro benzene ring substituents is 1. The number of rotatable bonds is 7. The molecule has 2 aromatic carbocycles. The van der Waals surface area contributed by atoms with Gasteiger partial charge in [0.25, 0.3) is 5.69 Å². The molecular weight excluding hydrogens is 390 g/mol. The quantitative estimate of drug-likeness (QED) is 0.302. The van der Waals surface area contributed by atoms with Crippen molar-refractivity contribution < 1.29 is 14.5 Å². The van der Waals surface area contributed by atoms with E-state index < -0.39 is 4.92 Å². The predicted molar refractivity (Wildman–Crippen MR) is 111 cm³/mol. The molecule has 0 amide bonds. The van der Waals surface area contributed by atoms with Crippen molar-refractivity contribution in [3.8, 4) is 11.6 Å². The van der Waals surface area contributed by atoms with Crippen molar-refractivity contribution in [2.24, 2.45) is 5.92 Å². The Morgan fingerprint density at radius 3 is 2.48 bits per heavy atom. The summed E-state index contributed by atoms with van der Waals surface area (Å²) in [4.78, 5) is 24.4. The van der Waals surface area contributed by atoms with E-state index in [1.165, 1.54) is 17.8 Å². The molecule has 0 atom stereocenters. The summed E-state index contributed by atoms with van der Waals surface area (Å²) in [7, 11) is 0. The average Bonchev–Trinajstić information content (AvgIpc) is 2.98. The van der Waals surface area contributed by atoms with E-state index >= 15 is 0 Å². The largest absolute Gasteiger partial charge is 0.406 e. The third-order valence-electron chi connectivity index (χ3n) is 4.03. The van der Waals surface area contributed by atoms with E-state index in [1.807, 2.05) is 44.2 Å². The van der Waals surface area contributed by atoms with Crippen LogP contribution in [0.3, 0.4) is 0 Å². The zero-order chi connectivity index (χ0) is 21.0. The lowest BCUT2D eigenvalue weighted by Gasteiger charge is -2.11. The van der Waals surface area contributed by atoms with Gasteiger partial charge in [0.1, 0.15) is 0 Å². The zero-order valence-corrected chi connectivity index (χ0v) is 17.2. The highest BCUT2D eigenvalue weighted by Crippen LogP contribution is 2.42. The van der Waals surface area contributed by atoms with Gasteiger partial charge in [0.15, 0.2) is 0 Å². The van der Waals surface area contributed by atoms with Gasteiger partial charge in [-0.25, -0.2) is 0 Å². The third-order valence-corrected chi connectivity index (χ3v) is 5.26. The van der Waals surface area contributed by atoms with Crippen LogP contribution in [0.5, 0.6) is 5.88 Å². The van der Waals surface area contributed by atoms with E-state index in [0.29, 0.717) is 15.5 Å². The minimum absolute atomic E-state index is 0.0104. The number of para-hydroxylation sites is 2. The Hall–Kier alpha value is -3.13. The molecule has 1 heterocycles. The zero-order valence-electron chi connectivity index (χ0n) is 16.4. The van der Waals surface area contributed by atoms with Crippen LogP contribution in [0.15, 0.2) is 64.4 Å². The highest BCUT2D eigenvalue weighted by Gasteiger charge is 2.24. The van der Waals surface area contributed by atoms with Gasteiger partial charge >= 0.3 is 5.97 Å². The molecule has 0 aliphatic heterocycles. The molecule has 0 saturated heterocycles. The molecule has 0 N–H and O–H groups in total. The minimum atomic E-state index is -0.427. The van der Waals surface area contributed by atoms with Crippen LogP contribution in [0.2, 0.25) is 0 Å². The van der Waals surface area contributed by atoms with Crippen LogP contribution in [0, 0.1) is 23.0 Å². The minimum Gasteiger partial charge on any atom is -0.406 e. The standard InChI is InChI=1S/C21H21N3O4S/c1-14(2)13-19(25)28-21-20(29-18-12-8-7-11-17(18)24(26)27)15(3)22-23(21)16-9-5-4-6-10-16/h4-12,14H,13H2,1-3H3. The van der Waals surface area contributed by atoms with E-state index in [-0.39, 0.29) is 29.9 Å². The maximum absolute atomic E-state index is 12.4. The number of nitro groups is 1. The summed E-state index contributed by atoms with van der Waals surface area (Å²) in [5, 5.41) is 15.9. The fourth-order valence-electron chi connectivity index (χ4n) is 2.73. The first-order chi connectivity index (χ1) is 13.9. The van der Waals surface area contributed by atoms with E-state index in [4.69, 9.17) is 4.74 Å². The van der Waals surface area contributed by atoms with Gasteiger partial charge in [-0.05, 0) is 31.0 Å². The van der Waals surface area contributed by atoms with Gasteiger partial charge in [0.2, 0.25) is 5.88 Å². The van der Waals surface area contributed by atoms with E-state index in [1.54, 1.807) is 29.8 Å². The van der Waals surface area contributed by atoms with Crippen LogP contribution in [-0.4, -0.2) is 20.7 Å². The number of carbonyl (C=O) groups excluding carboxylic acids is 1. The molecule has 8 heteroatoms. The molecule has 0 saturated carbocycles. The van der Waals surface area contributed by atoms with Crippen LogP contribution in [-0.2, 0) is 4.79 Å². The van der Waals surface area contributed by atoms with Crippen LogP contribution in [0.4, 0.5) is 5.69 Å². The SMILES string of the molecule is Cc1nn(-c2ccccc2)c(OC(=O)CC(C)C)c1Sc1ccccc1[N+](=O)[O-]. The number of esters is 1. The topological polar surface area (TPSA) is 87.3 Å². The van der Waals surface area contributed by atoms with E-state index in [2.05, 4.69) is 5.10 Å². The first-order valence-corrected chi connectivity index (χ1v) is 9.95. The molecule has 0 aliphatic carbocycles.